The van der Waals surface area contributed by atoms with E-state index < -0.39 is 17.1 Å². The molecule has 1 aromatic rings. The maximum Gasteiger partial charge on any atom is 0.327 e. The third-order valence-electron chi connectivity index (χ3n) is 5.57. The van der Waals surface area contributed by atoms with E-state index in [2.05, 4.69) is 39.0 Å². The Kier molecular flexibility index (Phi) is 5.01. The van der Waals surface area contributed by atoms with Crippen LogP contribution in [0.2, 0.25) is 0 Å². The second kappa shape index (κ2) is 6.40. The van der Waals surface area contributed by atoms with Gasteiger partial charge in [-0.05, 0) is 62.5 Å². The van der Waals surface area contributed by atoms with Crippen molar-refractivity contribution in [3.05, 3.63) is 29.3 Å². The average Bonchev–Trinajstić information content (AvgIpc) is 3.30. The van der Waals surface area contributed by atoms with Gasteiger partial charge in [-0.15, -0.1) is 0 Å². The zero-order valence-electron chi connectivity index (χ0n) is 15.7. The van der Waals surface area contributed by atoms with Crippen molar-refractivity contribution in [1.29, 1.82) is 0 Å². The Hall–Kier alpha value is -1.55. The number of carboxylic acids is 1. The lowest BCUT2D eigenvalue weighted by molar-refractivity contribution is -0.150. The summed E-state index contributed by atoms with van der Waals surface area (Å²) in [6, 6.07) is 6.24. The Labute approximate surface area is 145 Å². The van der Waals surface area contributed by atoms with Gasteiger partial charge in [-0.25, -0.2) is 0 Å². The SMILES string of the molecule is CC(C)c1cccc([C@H](C)C2CC2)c1OC(C)(C)[C@](C)(N)C(=O)O. The fourth-order valence-electron chi connectivity index (χ4n) is 2.97. The molecule has 0 saturated heterocycles. The van der Waals surface area contributed by atoms with E-state index in [1.807, 2.05) is 0 Å². The molecule has 1 aliphatic carbocycles. The van der Waals surface area contributed by atoms with Crippen molar-refractivity contribution in [2.75, 3.05) is 0 Å². The Morgan fingerprint density at radius 3 is 2.21 bits per heavy atom. The molecule has 0 unspecified atom stereocenters. The standard InChI is InChI=1S/C20H31NO3/c1-12(2)15-8-7-9-16(13(3)14-10-11-14)17(15)24-19(4,5)20(6,21)18(22)23/h7-9,12-14H,10-11,21H2,1-6H3,(H,22,23)/t13-,20-/m1/s1. The molecule has 1 aromatic carbocycles. The third-order valence-corrected chi connectivity index (χ3v) is 5.57. The molecule has 0 radical (unpaired) electrons. The summed E-state index contributed by atoms with van der Waals surface area (Å²) in [5.74, 6) is 1.14. The van der Waals surface area contributed by atoms with Gasteiger partial charge in [0.2, 0.25) is 0 Å². The van der Waals surface area contributed by atoms with Crippen LogP contribution in [-0.4, -0.2) is 22.2 Å². The quantitative estimate of drug-likeness (QED) is 0.781. The van der Waals surface area contributed by atoms with Gasteiger partial charge in [-0.1, -0.05) is 39.0 Å². The van der Waals surface area contributed by atoms with E-state index in [1.54, 1.807) is 13.8 Å². The second-order valence-electron chi connectivity index (χ2n) is 8.17. The van der Waals surface area contributed by atoms with Gasteiger partial charge in [-0.2, -0.15) is 0 Å². The molecule has 2 rings (SSSR count). The lowest BCUT2D eigenvalue weighted by Gasteiger charge is -2.39. The van der Waals surface area contributed by atoms with E-state index in [1.165, 1.54) is 19.8 Å². The summed E-state index contributed by atoms with van der Waals surface area (Å²) in [4.78, 5) is 11.6. The number of carbonyl (C=O) groups is 1. The maximum absolute atomic E-state index is 11.6. The monoisotopic (exact) mass is 333 g/mol. The first-order chi connectivity index (χ1) is 11.0. The van der Waals surface area contributed by atoms with Gasteiger partial charge in [0, 0.05) is 0 Å². The molecule has 134 valence electrons. The van der Waals surface area contributed by atoms with Crippen molar-refractivity contribution >= 4 is 5.97 Å². The van der Waals surface area contributed by atoms with Crippen molar-refractivity contribution in [1.82, 2.24) is 0 Å². The van der Waals surface area contributed by atoms with E-state index in [4.69, 9.17) is 10.5 Å². The molecule has 1 aliphatic rings. The molecule has 4 heteroatoms. The normalized spacial score (nSPS) is 19.0. The van der Waals surface area contributed by atoms with Crippen LogP contribution in [0.25, 0.3) is 0 Å². The molecule has 0 bridgehead atoms. The number of nitrogens with two attached hydrogens (primary N) is 1. The van der Waals surface area contributed by atoms with Gasteiger partial charge in [-0.3, -0.25) is 4.79 Å². The van der Waals surface area contributed by atoms with E-state index in [-0.39, 0.29) is 5.92 Å². The van der Waals surface area contributed by atoms with Crippen LogP contribution in [0, 0.1) is 5.92 Å². The van der Waals surface area contributed by atoms with Crippen LogP contribution in [0.4, 0.5) is 0 Å². The molecule has 2 atom stereocenters. The molecule has 4 nitrogen and oxygen atoms in total. The number of benzene rings is 1. The molecule has 0 heterocycles. The van der Waals surface area contributed by atoms with Gasteiger partial charge in [0.15, 0.2) is 5.54 Å². The summed E-state index contributed by atoms with van der Waals surface area (Å²) < 4.78 is 6.34. The Morgan fingerprint density at radius 2 is 1.75 bits per heavy atom. The zero-order chi connectivity index (χ0) is 18.3. The summed E-state index contributed by atoms with van der Waals surface area (Å²) in [5, 5.41) is 9.51. The highest BCUT2D eigenvalue weighted by Crippen LogP contribution is 2.47. The summed E-state index contributed by atoms with van der Waals surface area (Å²) in [5.41, 5.74) is 5.83. The number of para-hydroxylation sites is 1. The van der Waals surface area contributed by atoms with Crippen molar-refractivity contribution in [3.63, 3.8) is 0 Å². The van der Waals surface area contributed by atoms with Gasteiger partial charge >= 0.3 is 5.97 Å². The smallest absolute Gasteiger partial charge is 0.327 e. The third kappa shape index (κ3) is 3.44. The van der Waals surface area contributed by atoms with Crippen molar-refractivity contribution in [2.24, 2.45) is 11.7 Å². The molecule has 0 aromatic heterocycles. The first-order valence-corrected chi connectivity index (χ1v) is 8.83. The van der Waals surface area contributed by atoms with Gasteiger partial charge in [0.05, 0.1) is 0 Å². The number of aliphatic carboxylic acids is 1. The van der Waals surface area contributed by atoms with Crippen molar-refractivity contribution in [2.45, 2.75) is 77.4 Å². The number of hydrogen-bond donors (Lipinski definition) is 2. The number of ether oxygens (including phenoxy) is 1. The molecular weight excluding hydrogens is 302 g/mol. The molecule has 1 fully saturated rings. The minimum atomic E-state index is -1.49. The predicted molar refractivity (Wildman–Crippen MR) is 96.6 cm³/mol. The van der Waals surface area contributed by atoms with Crippen LogP contribution in [0.15, 0.2) is 18.2 Å². The molecule has 1 saturated carbocycles. The molecule has 0 aliphatic heterocycles. The van der Waals surface area contributed by atoms with E-state index in [0.717, 1.165) is 16.9 Å². The Morgan fingerprint density at radius 1 is 1.21 bits per heavy atom. The van der Waals surface area contributed by atoms with E-state index >= 15 is 0 Å². The fraction of sp³-hybridized carbons (Fsp3) is 0.650. The Balaban J connectivity index is 2.49. The highest BCUT2D eigenvalue weighted by Gasteiger charge is 2.47. The fourth-order valence-corrected chi connectivity index (χ4v) is 2.97. The van der Waals surface area contributed by atoms with Crippen LogP contribution in [0.3, 0.4) is 0 Å². The molecule has 24 heavy (non-hydrogen) atoms. The van der Waals surface area contributed by atoms with Crippen LogP contribution >= 0.6 is 0 Å². The van der Waals surface area contributed by atoms with Crippen LogP contribution in [0.1, 0.15) is 77.3 Å². The lowest BCUT2D eigenvalue weighted by Crippen LogP contribution is -2.63. The number of carboxylic acid groups (broad SMARTS) is 1. The minimum absolute atomic E-state index is 0.288. The highest BCUT2D eigenvalue weighted by molar-refractivity contribution is 5.79. The van der Waals surface area contributed by atoms with E-state index in [9.17, 15) is 9.90 Å². The zero-order valence-corrected chi connectivity index (χ0v) is 15.7. The van der Waals surface area contributed by atoms with Crippen LogP contribution in [0.5, 0.6) is 5.75 Å². The van der Waals surface area contributed by atoms with Crippen molar-refractivity contribution < 1.29 is 14.6 Å². The summed E-state index contributed by atoms with van der Waals surface area (Å²) in [7, 11) is 0. The summed E-state index contributed by atoms with van der Waals surface area (Å²) in [6.07, 6.45) is 2.50. The van der Waals surface area contributed by atoms with Gasteiger partial charge < -0.3 is 15.6 Å². The van der Waals surface area contributed by atoms with Crippen LogP contribution < -0.4 is 10.5 Å². The number of hydrogen-bond acceptors (Lipinski definition) is 3. The lowest BCUT2D eigenvalue weighted by atomic mass is 9.84. The highest BCUT2D eigenvalue weighted by atomic mass is 16.5. The van der Waals surface area contributed by atoms with Crippen molar-refractivity contribution in [3.8, 4) is 5.75 Å². The summed E-state index contributed by atoms with van der Waals surface area (Å²) >= 11 is 0. The molecular formula is C20H31NO3. The molecule has 3 N–H and O–H groups in total. The van der Waals surface area contributed by atoms with Gasteiger partial charge in [0.1, 0.15) is 11.4 Å². The summed E-state index contributed by atoms with van der Waals surface area (Å²) in [6.45, 7) is 11.5. The average molecular weight is 333 g/mol. The predicted octanol–water partition coefficient (Wildman–Crippen LogP) is 4.28. The Bertz CT molecular complexity index is 615. The maximum atomic E-state index is 11.6. The van der Waals surface area contributed by atoms with Gasteiger partial charge in [0.25, 0.3) is 0 Å². The number of rotatable bonds is 7. The molecule has 0 amide bonds. The van der Waals surface area contributed by atoms with Crippen LogP contribution in [-0.2, 0) is 4.79 Å². The van der Waals surface area contributed by atoms with E-state index in [0.29, 0.717) is 11.8 Å². The second-order valence-corrected chi connectivity index (χ2v) is 8.17. The first-order valence-electron chi connectivity index (χ1n) is 8.83. The first kappa shape index (κ1) is 18.8. The minimum Gasteiger partial charge on any atom is -0.485 e. The largest absolute Gasteiger partial charge is 0.485 e. The topological polar surface area (TPSA) is 72.5 Å². The molecule has 0 spiro atoms.